The molecule has 1 unspecified atom stereocenters. The van der Waals surface area contributed by atoms with E-state index in [0.29, 0.717) is 25.9 Å². The van der Waals surface area contributed by atoms with Crippen LogP contribution in [0.5, 0.6) is 0 Å². The minimum absolute atomic E-state index is 0.408. The summed E-state index contributed by atoms with van der Waals surface area (Å²) < 4.78 is 11.4. The number of unbranched alkanes of at least 4 members (excludes halogenated alkanes) is 1. The molecule has 2 heteroatoms. The average Bonchev–Trinajstić information content (AvgIpc) is 2.43. The first-order chi connectivity index (χ1) is 8.86. The van der Waals surface area contributed by atoms with Crippen molar-refractivity contribution < 1.29 is 9.47 Å². The maximum absolute atomic E-state index is 5.81. The fourth-order valence-electron chi connectivity index (χ4n) is 1.88. The number of rotatable bonds is 10. The zero-order valence-electron chi connectivity index (χ0n) is 11.7. The van der Waals surface area contributed by atoms with E-state index in [-0.39, 0.29) is 0 Å². The second-order valence-electron chi connectivity index (χ2n) is 4.58. The van der Waals surface area contributed by atoms with Gasteiger partial charge in [0.15, 0.2) is 0 Å². The smallest absolute Gasteiger partial charge is 0.0718 e. The Bertz CT molecular complexity index is 284. The maximum Gasteiger partial charge on any atom is 0.0718 e. The third-order valence-corrected chi connectivity index (χ3v) is 3.03. The van der Waals surface area contributed by atoms with Crippen molar-refractivity contribution in [3.8, 4) is 0 Å². The Kier molecular flexibility index (Phi) is 8.53. The Balaban J connectivity index is 2.03. The molecule has 1 atom stereocenters. The molecule has 0 amide bonds. The van der Waals surface area contributed by atoms with Crippen LogP contribution in [0.15, 0.2) is 30.3 Å². The lowest BCUT2D eigenvalue weighted by Crippen LogP contribution is -2.15. The molecule has 0 saturated carbocycles. The third kappa shape index (κ3) is 6.77. The van der Waals surface area contributed by atoms with Gasteiger partial charge in [-0.05, 0) is 18.4 Å². The standard InChI is InChI=1S/C16H26O2/c1-3-5-11-16(4-2)18-13-12-17-14-15-9-7-6-8-10-15/h6-10,16H,3-5,11-14H2,1-2H3. The summed E-state index contributed by atoms with van der Waals surface area (Å²) in [4.78, 5) is 0. The molecule has 0 heterocycles. The molecule has 0 aromatic heterocycles. The first-order valence-corrected chi connectivity index (χ1v) is 7.10. The van der Waals surface area contributed by atoms with Crippen molar-refractivity contribution >= 4 is 0 Å². The van der Waals surface area contributed by atoms with Gasteiger partial charge in [0.1, 0.15) is 0 Å². The first-order valence-electron chi connectivity index (χ1n) is 7.10. The number of benzene rings is 1. The Labute approximate surface area is 111 Å². The van der Waals surface area contributed by atoms with E-state index in [1.807, 2.05) is 18.2 Å². The van der Waals surface area contributed by atoms with Crippen LogP contribution >= 0.6 is 0 Å². The molecule has 0 radical (unpaired) electrons. The summed E-state index contributed by atoms with van der Waals surface area (Å²) in [7, 11) is 0. The van der Waals surface area contributed by atoms with Crippen LogP contribution in [0.3, 0.4) is 0 Å². The highest BCUT2D eigenvalue weighted by Crippen LogP contribution is 2.08. The van der Waals surface area contributed by atoms with Crippen LogP contribution in [-0.4, -0.2) is 19.3 Å². The minimum Gasteiger partial charge on any atom is -0.376 e. The number of hydrogen-bond donors (Lipinski definition) is 0. The van der Waals surface area contributed by atoms with Crippen molar-refractivity contribution in [2.24, 2.45) is 0 Å². The zero-order valence-corrected chi connectivity index (χ0v) is 11.7. The van der Waals surface area contributed by atoms with E-state index in [4.69, 9.17) is 9.47 Å². The van der Waals surface area contributed by atoms with E-state index < -0.39 is 0 Å². The largest absolute Gasteiger partial charge is 0.376 e. The van der Waals surface area contributed by atoms with Crippen molar-refractivity contribution in [2.75, 3.05) is 13.2 Å². The molecule has 18 heavy (non-hydrogen) atoms. The topological polar surface area (TPSA) is 18.5 Å². The highest BCUT2D eigenvalue weighted by atomic mass is 16.5. The normalized spacial score (nSPS) is 12.6. The fraction of sp³-hybridized carbons (Fsp3) is 0.625. The maximum atomic E-state index is 5.81. The molecular formula is C16H26O2. The monoisotopic (exact) mass is 250 g/mol. The van der Waals surface area contributed by atoms with E-state index in [2.05, 4.69) is 26.0 Å². The van der Waals surface area contributed by atoms with E-state index in [1.54, 1.807) is 0 Å². The van der Waals surface area contributed by atoms with E-state index in [0.717, 1.165) is 6.42 Å². The summed E-state index contributed by atoms with van der Waals surface area (Å²) in [5.74, 6) is 0. The third-order valence-electron chi connectivity index (χ3n) is 3.03. The molecule has 0 aliphatic heterocycles. The number of hydrogen-bond acceptors (Lipinski definition) is 2. The zero-order chi connectivity index (χ0) is 13.1. The van der Waals surface area contributed by atoms with Crippen LogP contribution in [0.4, 0.5) is 0 Å². The van der Waals surface area contributed by atoms with E-state index >= 15 is 0 Å². The molecule has 0 aliphatic carbocycles. The van der Waals surface area contributed by atoms with Gasteiger partial charge in [-0.2, -0.15) is 0 Å². The van der Waals surface area contributed by atoms with Gasteiger partial charge in [-0.25, -0.2) is 0 Å². The van der Waals surface area contributed by atoms with E-state index in [1.165, 1.54) is 24.8 Å². The van der Waals surface area contributed by atoms with Gasteiger partial charge in [0, 0.05) is 0 Å². The summed E-state index contributed by atoms with van der Waals surface area (Å²) in [5, 5.41) is 0. The van der Waals surface area contributed by atoms with Crippen molar-refractivity contribution in [3.05, 3.63) is 35.9 Å². The van der Waals surface area contributed by atoms with Crippen LogP contribution < -0.4 is 0 Å². The summed E-state index contributed by atoms with van der Waals surface area (Å²) in [6, 6.07) is 10.3. The molecular weight excluding hydrogens is 224 g/mol. The van der Waals surface area contributed by atoms with Crippen molar-refractivity contribution in [1.29, 1.82) is 0 Å². The van der Waals surface area contributed by atoms with Gasteiger partial charge in [-0.15, -0.1) is 0 Å². The van der Waals surface area contributed by atoms with Gasteiger partial charge >= 0.3 is 0 Å². The highest BCUT2D eigenvalue weighted by Gasteiger charge is 2.05. The van der Waals surface area contributed by atoms with Gasteiger partial charge in [-0.1, -0.05) is 57.0 Å². The predicted molar refractivity (Wildman–Crippen MR) is 75.7 cm³/mol. The van der Waals surface area contributed by atoms with Crippen LogP contribution in [0.25, 0.3) is 0 Å². The van der Waals surface area contributed by atoms with Crippen molar-refractivity contribution in [2.45, 2.75) is 52.2 Å². The van der Waals surface area contributed by atoms with Gasteiger partial charge in [-0.3, -0.25) is 0 Å². The Morgan fingerprint density at radius 1 is 1.06 bits per heavy atom. The quantitative estimate of drug-likeness (QED) is 0.580. The van der Waals surface area contributed by atoms with Gasteiger partial charge in [0.25, 0.3) is 0 Å². The van der Waals surface area contributed by atoms with Crippen molar-refractivity contribution in [1.82, 2.24) is 0 Å². The molecule has 1 rings (SSSR count). The summed E-state index contributed by atoms with van der Waals surface area (Å²) in [5.41, 5.74) is 1.22. The van der Waals surface area contributed by atoms with Crippen LogP contribution in [0.1, 0.15) is 45.1 Å². The molecule has 0 saturated heterocycles. The van der Waals surface area contributed by atoms with Gasteiger partial charge in [0.2, 0.25) is 0 Å². The van der Waals surface area contributed by atoms with Crippen molar-refractivity contribution in [3.63, 3.8) is 0 Å². The SMILES string of the molecule is CCCCC(CC)OCCOCc1ccccc1. The lowest BCUT2D eigenvalue weighted by molar-refractivity contribution is -0.00499. The van der Waals surface area contributed by atoms with Gasteiger partial charge in [0.05, 0.1) is 25.9 Å². The second-order valence-corrected chi connectivity index (χ2v) is 4.58. The summed E-state index contributed by atoms with van der Waals surface area (Å²) in [6.07, 6.45) is 5.17. The Hall–Kier alpha value is -0.860. The second kappa shape index (κ2) is 10.1. The molecule has 0 fully saturated rings. The van der Waals surface area contributed by atoms with Gasteiger partial charge < -0.3 is 9.47 Å². The summed E-state index contributed by atoms with van der Waals surface area (Å²) >= 11 is 0. The molecule has 1 aromatic rings. The molecule has 1 aromatic carbocycles. The molecule has 0 bridgehead atoms. The molecule has 0 spiro atoms. The average molecular weight is 250 g/mol. The molecule has 102 valence electrons. The molecule has 2 nitrogen and oxygen atoms in total. The number of ether oxygens (including phenoxy) is 2. The minimum atomic E-state index is 0.408. The lowest BCUT2D eigenvalue weighted by Gasteiger charge is -2.15. The first kappa shape index (κ1) is 15.2. The summed E-state index contributed by atoms with van der Waals surface area (Å²) in [6.45, 7) is 6.46. The lowest BCUT2D eigenvalue weighted by atomic mass is 10.1. The Morgan fingerprint density at radius 3 is 2.50 bits per heavy atom. The molecule has 0 N–H and O–H groups in total. The highest BCUT2D eigenvalue weighted by molar-refractivity contribution is 5.13. The van der Waals surface area contributed by atoms with Crippen LogP contribution in [-0.2, 0) is 16.1 Å². The predicted octanol–water partition coefficient (Wildman–Crippen LogP) is 4.19. The van der Waals surface area contributed by atoms with Crippen LogP contribution in [0.2, 0.25) is 0 Å². The van der Waals surface area contributed by atoms with Crippen LogP contribution in [0, 0.1) is 0 Å². The van der Waals surface area contributed by atoms with E-state index in [9.17, 15) is 0 Å². The molecule has 0 aliphatic rings. The Morgan fingerprint density at radius 2 is 1.83 bits per heavy atom. The fourth-order valence-corrected chi connectivity index (χ4v) is 1.88.